The molecule has 1 aromatic heterocycles. The number of pyridine rings is 1. The first-order valence-corrected chi connectivity index (χ1v) is 8.17. The normalized spacial score (nSPS) is 20.9. The molecule has 0 bridgehead atoms. The smallest absolute Gasteiger partial charge is 0.251 e. The minimum atomic E-state index is -0.166. The number of amides is 1. The van der Waals surface area contributed by atoms with Crippen LogP contribution < -0.4 is 10.9 Å². The molecule has 1 aliphatic rings. The lowest BCUT2D eigenvalue weighted by Gasteiger charge is -2.32. The first-order valence-electron chi connectivity index (χ1n) is 8.17. The fraction of sp³-hybridized carbons (Fsp3) is 0.368. The fourth-order valence-corrected chi connectivity index (χ4v) is 3.34. The van der Waals surface area contributed by atoms with Gasteiger partial charge < -0.3 is 9.88 Å². The van der Waals surface area contributed by atoms with Crippen LogP contribution in [0.4, 0.5) is 0 Å². The summed E-state index contributed by atoms with van der Waals surface area (Å²) in [7, 11) is 1.68. The van der Waals surface area contributed by atoms with Crippen LogP contribution in [0.25, 0.3) is 0 Å². The van der Waals surface area contributed by atoms with E-state index in [2.05, 4.69) is 17.4 Å². The van der Waals surface area contributed by atoms with Gasteiger partial charge >= 0.3 is 0 Å². The minimum Gasteiger partial charge on any atom is -0.349 e. The van der Waals surface area contributed by atoms with Crippen molar-refractivity contribution in [2.45, 2.75) is 37.6 Å². The van der Waals surface area contributed by atoms with Gasteiger partial charge in [0.1, 0.15) is 0 Å². The maximum absolute atomic E-state index is 12.5. The Labute approximate surface area is 136 Å². The summed E-state index contributed by atoms with van der Waals surface area (Å²) in [6.45, 7) is 0. The Morgan fingerprint density at radius 1 is 1.13 bits per heavy atom. The molecule has 1 heterocycles. The monoisotopic (exact) mass is 310 g/mol. The predicted molar refractivity (Wildman–Crippen MR) is 90.6 cm³/mol. The number of nitrogens with one attached hydrogen (secondary N) is 1. The lowest BCUT2D eigenvalue weighted by Crippen LogP contribution is -2.41. The summed E-state index contributed by atoms with van der Waals surface area (Å²) in [5.74, 6) is 0.191. The molecule has 1 fully saturated rings. The molecule has 0 unspecified atom stereocenters. The molecular weight excluding hydrogens is 288 g/mol. The topological polar surface area (TPSA) is 51.1 Å². The molecule has 23 heavy (non-hydrogen) atoms. The maximum atomic E-state index is 12.5. The van der Waals surface area contributed by atoms with E-state index in [1.165, 1.54) is 22.6 Å². The Hall–Kier alpha value is -2.36. The molecule has 0 spiro atoms. The van der Waals surface area contributed by atoms with Crippen molar-refractivity contribution in [3.63, 3.8) is 0 Å². The Balaban J connectivity index is 1.77. The van der Waals surface area contributed by atoms with E-state index < -0.39 is 0 Å². The van der Waals surface area contributed by atoms with E-state index >= 15 is 0 Å². The number of aromatic nitrogens is 1. The van der Waals surface area contributed by atoms with Crippen LogP contribution in [0, 0.1) is 0 Å². The van der Waals surface area contributed by atoms with Gasteiger partial charge in [0, 0.05) is 36.8 Å². The van der Waals surface area contributed by atoms with Gasteiger partial charge in [0.15, 0.2) is 0 Å². The Kier molecular flexibility index (Phi) is 4.60. The number of nitrogens with zero attached hydrogens (tertiary/aromatic N) is 1. The highest BCUT2D eigenvalue weighted by molar-refractivity contribution is 5.94. The van der Waals surface area contributed by atoms with Crippen LogP contribution in [0.5, 0.6) is 0 Å². The summed E-state index contributed by atoms with van der Waals surface area (Å²) in [6.07, 6.45) is 6.02. The molecule has 0 saturated heterocycles. The molecule has 1 aromatic carbocycles. The molecule has 0 radical (unpaired) electrons. The van der Waals surface area contributed by atoms with Crippen LogP contribution >= 0.6 is 0 Å². The van der Waals surface area contributed by atoms with Gasteiger partial charge in [-0.05, 0) is 24.5 Å². The highest BCUT2D eigenvalue weighted by Gasteiger charge is 2.28. The van der Waals surface area contributed by atoms with Crippen molar-refractivity contribution in [3.8, 4) is 0 Å². The van der Waals surface area contributed by atoms with E-state index in [0.717, 1.165) is 19.3 Å². The molecule has 4 heteroatoms. The molecule has 120 valence electrons. The van der Waals surface area contributed by atoms with E-state index in [4.69, 9.17) is 0 Å². The summed E-state index contributed by atoms with van der Waals surface area (Å²) in [5, 5.41) is 3.14. The standard InChI is InChI=1S/C19H22N2O2/c1-21-12-11-15(13-18(21)22)19(23)20-17-10-6-5-9-16(17)14-7-3-2-4-8-14/h2-4,7-8,11-13,16-17H,5-6,9-10H2,1H3,(H,20,23)/t16-,17+/m0/s1. The molecule has 3 rings (SSSR count). The Bertz CT molecular complexity index is 737. The van der Waals surface area contributed by atoms with E-state index in [1.807, 2.05) is 18.2 Å². The van der Waals surface area contributed by atoms with Gasteiger partial charge in [-0.3, -0.25) is 9.59 Å². The molecule has 1 amide bonds. The Morgan fingerprint density at radius 2 is 1.87 bits per heavy atom. The molecule has 1 N–H and O–H groups in total. The van der Waals surface area contributed by atoms with Crippen molar-refractivity contribution in [2.75, 3.05) is 0 Å². The highest BCUT2D eigenvalue weighted by Crippen LogP contribution is 2.33. The molecule has 1 saturated carbocycles. The number of hydrogen-bond donors (Lipinski definition) is 1. The quantitative estimate of drug-likeness (QED) is 0.948. The van der Waals surface area contributed by atoms with Gasteiger partial charge in [-0.25, -0.2) is 0 Å². The summed E-state index contributed by atoms with van der Waals surface area (Å²) >= 11 is 0. The first-order chi connectivity index (χ1) is 11.1. The molecule has 1 aliphatic carbocycles. The number of rotatable bonds is 3. The lowest BCUT2D eigenvalue weighted by molar-refractivity contribution is 0.0920. The summed E-state index contributed by atoms with van der Waals surface area (Å²) < 4.78 is 1.46. The van der Waals surface area contributed by atoms with E-state index in [9.17, 15) is 9.59 Å². The number of carbonyl (C=O) groups excluding carboxylic acids is 1. The van der Waals surface area contributed by atoms with Crippen molar-refractivity contribution < 1.29 is 4.79 Å². The third kappa shape index (κ3) is 3.52. The number of carbonyl (C=O) groups is 1. The van der Waals surface area contributed by atoms with Gasteiger partial charge in [0.2, 0.25) is 0 Å². The third-order valence-electron chi connectivity index (χ3n) is 4.68. The third-order valence-corrected chi connectivity index (χ3v) is 4.68. The van der Waals surface area contributed by atoms with Crippen LogP contribution in [0.15, 0.2) is 53.5 Å². The van der Waals surface area contributed by atoms with Gasteiger partial charge in [-0.15, -0.1) is 0 Å². The maximum Gasteiger partial charge on any atom is 0.251 e. The average Bonchev–Trinajstić information content (AvgIpc) is 2.58. The first kappa shape index (κ1) is 15.5. The van der Waals surface area contributed by atoms with E-state index in [0.29, 0.717) is 11.5 Å². The summed E-state index contributed by atoms with van der Waals surface area (Å²) in [4.78, 5) is 24.2. The molecule has 4 nitrogen and oxygen atoms in total. The minimum absolute atomic E-state index is 0.128. The second kappa shape index (κ2) is 6.82. The summed E-state index contributed by atoms with van der Waals surface area (Å²) in [6, 6.07) is 13.6. The van der Waals surface area contributed by atoms with Crippen molar-refractivity contribution in [1.29, 1.82) is 0 Å². The van der Waals surface area contributed by atoms with Crippen molar-refractivity contribution in [3.05, 3.63) is 70.1 Å². The van der Waals surface area contributed by atoms with Crippen molar-refractivity contribution in [1.82, 2.24) is 9.88 Å². The van der Waals surface area contributed by atoms with Crippen LogP contribution in [-0.2, 0) is 7.05 Å². The largest absolute Gasteiger partial charge is 0.349 e. The van der Waals surface area contributed by atoms with Crippen molar-refractivity contribution >= 4 is 5.91 Å². The van der Waals surface area contributed by atoms with E-state index in [1.54, 1.807) is 19.3 Å². The number of benzene rings is 1. The number of hydrogen-bond acceptors (Lipinski definition) is 2. The van der Waals surface area contributed by atoms with Gasteiger partial charge in [0.05, 0.1) is 0 Å². The average molecular weight is 310 g/mol. The zero-order valence-electron chi connectivity index (χ0n) is 13.4. The van der Waals surface area contributed by atoms with Crippen LogP contribution in [-0.4, -0.2) is 16.5 Å². The Morgan fingerprint density at radius 3 is 2.61 bits per heavy atom. The summed E-state index contributed by atoms with van der Waals surface area (Å²) in [5.41, 5.74) is 1.55. The van der Waals surface area contributed by atoms with Gasteiger partial charge in [0.25, 0.3) is 11.5 Å². The molecule has 2 atom stereocenters. The SMILES string of the molecule is Cn1ccc(C(=O)N[C@@H]2CCCC[C@H]2c2ccccc2)cc1=O. The second-order valence-corrected chi connectivity index (χ2v) is 6.25. The number of aryl methyl sites for hydroxylation is 1. The van der Waals surface area contributed by atoms with Crippen LogP contribution in [0.2, 0.25) is 0 Å². The second-order valence-electron chi connectivity index (χ2n) is 6.25. The zero-order valence-corrected chi connectivity index (χ0v) is 13.4. The van der Waals surface area contributed by atoms with Crippen LogP contribution in [0.3, 0.4) is 0 Å². The lowest BCUT2D eigenvalue weighted by atomic mass is 9.80. The molecular formula is C19H22N2O2. The van der Waals surface area contributed by atoms with Crippen molar-refractivity contribution in [2.24, 2.45) is 7.05 Å². The zero-order chi connectivity index (χ0) is 16.2. The molecule has 0 aliphatic heterocycles. The van der Waals surface area contributed by atoms with Gasteiger partial charge in [-0.1, -0.05) is 43.2 Å². The highest BCUT2D eigenvalue weighted by atomic mass is 16.2. The van der Waals surface area contributed by atoms with Crippen LogP contribution in [0.1, 0.15) is 47.5 Å². The fourth-order valence-electron chi connectivity index (χ4n) is 3.34. The predicted octanol–water partition coefficient (Wildman–Crippen LogP) is 2.84. The van der Waals surface area contributed by atoms with Gasteiger partial charge in [-0.2, -0.15) is 0 Å². The van der Waals surface area contributed by atoms with E-state index in [-0.39, 0.29) is 17.5 Å². The molecule has 2 aromatic rings.